The van der Waals surface area contributed by atoms with Gasteiger partial charge in [0.25, 0.3) is 5.91 Å². The molecule has 0 radical (unpaired) electrons. The van der Waals surface area contributed by atoms with Crippen LogP contribution >= 0.6 is 0 Å². The van der Waals surface area contributed by atoms with Crippen molar-refractivity contribution in [2.24, 2.45) is 7.05 Å². The largest absolute Gasteiger partial charge is 0.496 e. The van der Waals surface area contributed by atoms with Gasteiger partial charge in [-0.2, -0.15) is 5.10 Å². The highest BCUT2D eigenvalue weighted by molar-refractivity contribution is 6.04. The Labute approximate surface area is 165 Å². The minimum absolute atomic E-state index is 0.202. The molecule has 0 atom stereocenters. The van der Waals surface area contributed by atoms with Gasteiger partial charge in [0.05, 0.1) is 24.7 Å². The molecule has 0 spiro atoms. The summed E-state index contributed by atoms with van der Waals surface area (Å²) in [5.41, 5.74) is 5.11. The molecule has 0 saturated heterocycles. The van der Waals surface area contributed by atoms with Gasteiger partial charge in [0.2, 0.25) is 0 Å². The Balaban J connectivity index is 1.80. The zero-order valence-electron chi connectivity index (χ0n) is 16.9. The van der Waals surface area contributed by atoms with E-state index in [0.717, 1.165) is 28.1 Å². The van der Waals surface area contributed by atoms with E-state index in [1.54, 1.807) is 36.2 Å². The van der Waals surface area contributed by atoms with Gasteiger partial charge in [0, 0.05) is 18.2 Å². The minimum Gasteiger partial charge on any atom is -0.496 e. The number of carbonyl (C=O) groups excluding carboxylic acids is 1. The van der Waals surface area contributed by atoms with Gasteiger partial charge in [0.15, 0.2) is 0 Å². The molecule has 1 heterocycles. The predicted molar refractivity (Wildman–Crippen MR) is 109 cm³/mol. The standard InChI is InChI=1S/C22H25N3O3/c1-14-6-7-15(2)21(10-14)28-13-18-11-17(8-9-20(18)27-5)22(26)24-19-12-23-25(4)16(19)3/h6-12H,13H2,1-5H3,(H,24,26). The summed E-state index contributed by atoms with van der Waals surface area (Å²) in [4.78, 5) is 12.7. The first-order chi connectivity index (χ1) is 13.4. The van der Waals surface area contributed by atoms with Crippen LogP contribution in [0.2, 0.25) is 0 Å². The number of amides is 1. The van der Waals surface area contributed by atoms with E-state index >= 15 is 0 Å². The Kier molecular flexibility index (Phi) is 5.68. The van der Waals surface area contributed by atoms with Crippen LogP contribution in [0, 0.1) is 20.8 Å². The lowest BCUT2D eigenvalue weighted by Crippen LogP contribution is -2.13. The highest BCUT2D eigenvalue weighted by atomic mass is 16.5. The number of nitrogens with zero attached hydrogens (tertiary/aromatic N) is 2. The summed E-state index contributed by atoms with van der Waals surface area (Å²) in [5, 5.41) is 7.05. The number of aromatic nitrogens is 2. The summed E-state index contributed by atoms with van der Waals surface area (Å²) in [6.45, 7) is 6.24. The second-order valence-electron chi connectivity index (χ2n) is 6.81. The van der Waals surface area contributed by atoms with Crippen LogP contribution in [0.4, 0.5) is 5.69 Å². The molecule has 6 heteroatoms. The number of hydrogen-bond acceptors (Lipinski definition) is 4. The summed E-state index contributed by atoms with van der Waals surface area (Å²) in [6.07, 6.45) is 1.64. The molecule has 0 saturated carbocycles. The Morgan fingerprint density at radius 1 is 1.11 bits per heavy atom. The molecule has 0 aliphatic carbocycles. The van der Waals surface area contributed by atoms with Gasteiger partial charge in [-0.25, -0.2) is 0 Å². The quantitative estimate of drug-likeness (QED) is 0.698. The normalized spacial score (nSPS) is 10.6. The van der Waals surface area contributed by atoms with E-state index in [-0.39, 0.29) is 5.91 Å². The zero-order chi connectivity index (χ0) is 20.3. The summed E-state index contributed by atoms with van der Waals surface area (Å²) in [6, 6.07) is 11.4. The average Bonchev–Trinajstić information content (AvgIpc) is 3.00. The third-order valence-corrected chi connectivity index (χ3v) is 4.75. The Bertz CT molecular complexity index is 1010. The lowest BCUT2D eigenvalue weighted by atomic mass is 10.1. The molecule has 1 amide bonds. The van der Waals surface area contributed by atoms with Gasteiger partial charge in [-0.15, -0.1) is 0 Å². The summed E-state index contributed by atoms with van der Waals surface area (Å²) >= 11 is 0. The van der Waals surface area contributed by atoms with Crippen molar-refractivity contribution in [3.63, 3.8) is 0 Å². The predicted octanol–water partition coefficient (Wildman–Crippen LogP) is 4.19. The SMILES string of the molecule is COc1ccc(C(=O)Nc2cnn(C)c2C)cc1COc1cc(C)ccc1C. The topological polar surface area (TPSA) is 65.4 Å². The van der Waals surface area contributed by atoms with Crippen molar-refractivity contribution in [3.8, 4) is 11.5 Å². The number of aryl methyl sites for hydroxylation is 3. The Morgan fingerprint density at radius 3 is 2.57 bits per heavy atom. The fourth-order valence-electron chi connectivity index (χ4n) is 2.87. The number of carbonyl (C=O) groups is 1. The lowest BCUT2D eigenvalue weighted by Gasteiger charge is -2.14. The molecule has 3 aromatic rings. The molecule has 3 rings (SSSR count). The van der Waals surface area contributed by atoms with E-state index in [2.05, 4.69) is 10.4 Å². The molecule has 2 aromatic carbocycles. The molecular weight excluding hydrogens is 354 g/mol. The third-order valence-electron chi connectivity index (χ3n) is 4.75. The molecule has 0 aliphatic rings. The zero-order valence-corrected chi connectivity index (χ0v) is 16.9. The Morgan fingerprint density at radius 2 is 1.89 bits per heavy atom. The van der Waals surface area contributed by atoms with Crippen molar-refractivity contribution in [3.05, 3.63) is 70.5 Å². The van der Waals surface area contributed by atoms with Crippen LogP contribution < -0.4 is 14.8 Å². The molecule has 0 unspecified atom stereocenters. The molecule has 0 aliphatic heterocycles. The van der Waals surface area contributed by atoms with E-state index in [1.807, 2.05) is 46.0 Å². The van der Waals surface area contributed by atoms with E-state index in [4.69, 9.17) is 9.47 Å². The summed E-state index contributed by atoms with van der Waals surface area (Å²) in [5.74, 6) is 1.30. The van der Waals surface area contributed by atoms with Gasteiger partial charge >= 0.3 is 0 Å². The molecule has 0 bridgehead atoms. The fourth-order valence-corrected chi connectivity index (χ4v) is 2.87. The highest BCUT2D eigenvalue weighted by Crippen LogP contribution is 2.25. The van der Waals surface area contributed by atoms with Crippen molar-refractivity contribution in [2.45, 2.75) is 27.4 Å². The molecule has 0 fully saturated rings. The molecule has 1 aromatic heterocycles. The highest BCUT2D eigenvalue weighted by Gasteiger charge is 2.14. The maximum absolute atomic E-state index is 12.7. The number of ether oxygens (including phenoxy) is 2. The smallest absolute Gasteiger partial charge is 0.255 e. The van der Waals surface area contributed by atoms with Gasteiger partial charge in [-0.3, -0.25) is 9.48 Å². The molecule has 1 N–H and O–H groups in total. The maximum Gasteiger partial charge on any atom is 0.255 e. The van der Waals surface area contributed by atoms with Crippen molar-refractivity contribution < 1.29 is 14.3 Å². The van der Waals surface area contributed by atoms with E-state index < -0.39 is 0 Å². The van der Waals surface area contributed by atoms with Crippen molar-refractivity contribution in [2.75, 3.05) is 12.4 Å². The lowest BCUT2D eigenvalue weighted by molar-refractivity contribution is 0.102. The van der Waals surface area contributed by atoms with Gasteiger partial charge in [-0.05, 0) is 56.2 Å². The van der Waals surface area contributed by atoms with E-state index in [0.29, 0.717) is 23.6 Å². The number of methoxy groups -OCH3 is 1. The van der Waals surface area contributed by atoms with E-state index in [1.165, 1.54) is 0 Å². The van der Waals surface area contributed by atoms with Crippen LogP contribution in [0.25, 0.3) is 0 Å². The first-order valence-electron chi connectivity index (χ1n) is 9.06. The van der Waals surface area contributed by atoms with Crippen LogP contribution in [0.5, 0.6) is 11.5 Å². The molecule has 6 nitrogen and oxygen atoms in total. The second kappa shape index (κ2) is 8.17. The maximum atomic E-state index is 12.7. The molecular formula is C22H25N3O3. The van der Waals surface area contributed by atoms with Crippen LogP contribution in [0.15, 0.2) is 42.6 Å². The van der Waals surface area contributed by atoms with E-state index in [9.17, 15) is 4.79 Å². The van der Waals surface area contributed by atoms with Crippen molar-refractivity contribution >= 4 is 11.6 Å². The van der Waals surface area contributed by atoms with Gasteiger partial charge < -0.3 is 14.8 Å². The fraction of sp³-hybridized carbons (Fsp3) is 0.273. The summed E-state index contributed by atoms with van der Waals surface area (Å²) < 4.78 is 13.2. The molecule has 146 valence electrons. The van der Waals surface area contributed by atoms with Crippen LogP contribution in [0.3, 0.4) is 0 Å². The molecule has 28 heavy (non-hydrogen) atoms. The number of rotatable bonds is 6. The first kappa shape index (κ1) is 19.5. The second-order valence-corrected chi connectivity index (χ2v) is 6.81. The number of benzene rings is 2. The minimum atomic E-state index is -0.202. The monoisotopic (exact) mass is 379 g/mol. The van der Waals surface area contributed by atoms with Crippen LogP contribution in [-0.2, 0) is 13.7 Å². The van der Waals surface area contributed by atoms with Gasteiger partial charge in [-0.1, -0.05) is 12.1 Å². The van der Waals surface area contributed by atoms with Crippen molar-refractivity contribution in [1.82, 2.24) is 9.78 Å². The van der Waals surface area contributed by atoms with Crippen LogP contribution in [-0.4, -0.2) is 22.8 Å². The van der Waals surface area contributed by atoms with Crippen molar-refractivity contribution in [1.29, 1.82) is 0 Å². The summed E-state index contributed by atoms with van der Waals surface area (Å²) in [7, 11) is 3.44. The third kappa shape index (κ3) is 4.17. The number of hydrogen-bond donors (Lipinski definition) is 1. The van der Waals surface area contributed by atoms with Gasteiger partial charge in [0.1, 0.15) is 18.1 Å². The Hall–Kier alpha value is -3.28. The number of nitrogens with one attached hydrogen (secondary N) is 1. The van der Waals surface area contributed by atoms with Crippen LogP contribution in [0.1, 0.15) is 32.7 Å². The average molecular weight is 379 g/mol. The number of anilines is 1. The first-order valence-corrected chi connectivity index (χ1v) is 9.06.